The fraction of sp³-hybridized carbons (Fsp3) is 0.786. The average molecular weight is 282 g/mol. The Bertz CT molecular complexity index is 415. The SMILES string of the molecule is CCc1nc(COC2COC3(CCNCC3)C2)cs1. The predicted octanol–water partition coefficient (Wildman–Crippen LogP) is 2.13. The molecule has 1 aromatic heterocycles. The zero-order valence-corrected chi connectivity index (χ0v) is 12.3. The van der Waals surface area contributed by atoms with Crippen LogP contribution < -0.4 is 5.32 Å². The normalized spacial score (nSPS) is 26.1. The summed E-state index contributed by atoms with van der Waals surface area (Å²) in [5.74, 6) is 0. The fourth-order valence-electron chi connectivity index (χ4n) is 2.92. The minimum absolute atomic E-state index is 0.0899. The van der Waals surface area contributed by atoms with E-state index in [1.807, 2.05) is 0 Å². The van der Waals surface area contributed by atoms with Crippen molar-refractivity contribution >= 4 is 11.3 Å². The molecule has 0 amide bonds. The Hall–Kier alpha value is -0.490. The highest BCUT2D eigenvalue weighted by molar-refractivity contribution is 7.09. The topological polar surface area (TPSA) is 43.4 Å². The third-order valence-corrected chi connectivity index (χ3v) is 5.10. The molecule has 0 saturated carbocycles. The number of hydrogen-bond acceptors (Lipinski definition) is 5. The van der Waals surface area contributed by atoms with Crippen molar-refractivity contribution in [3.05, 3.63) is 16.1 Å². The first-order valence-electron chi connectivity index (χ1n) is 7.19. The van der Waals surface area contributed by atoms with Gasteiger partial charge in [-0.15, -0.1) is 11.3 Å². The van der Waals surface area contributed by atoms with E-state index in [-0.39, 0.29) is 11.7 Å². The number of hydrogen-bond donors (Lipinski definition) is 1. The Kier molecular flexibility index (Phi) is 4.17. The van der Waals surface area contributed by atoms with E-state index in [0.29, 0.717) is 6.61 Å². The lowest BCUT2D eigenvalue weighted by Gasteiger charge is -2.32. The molecule has 1 aromatic rings. The van der Waals surface area contributed by atoms with E-state index < -0.39 is 0 Å². The van der Waals surface area contributed by atoms with Gasteiger partial charge in [-0.1, -0.05) is 6.92 Å². The molecule has 19 heavy (non-hydrogen) atoms. The van der Waals surface area contributed by atoms with Crippen molar-refractivity contribution in [2.24, 2.45) is 0 Å². The van der Waals surface area contributed by atoms with Gasteiger partial charge in [0, 0.05) is 11.8 Å². The molecule has 0 aromatic carbocycles. The van der Waals surface area contributed by atoms with Crippen molar-refractivity contribution in [2.75, 3.05) is 19.7 Å². The van der Waals surface area contributed by atoms with Crippen LogP contribution in [0.1, 0.15) is 36.9 Å². The number of aryl methyl sites for hydroxylation is 1. The van der Waals surface area contributed by atoms with Crippen LogP contribution in [0.25, 0.3) is 0 Å². The largest absolute Gasteiger partial charge is 0.372 e. The Morgan fingerprint density at radius 3 is 3.11 bits per heavy atom. The number of aromatic nitrogens is 1. The maximum Gasteiger partial charge on any atom is 0.0926 e. The van der Waals surface area contributed by atoms with Crippen LogP contribution in [-0.2, 0) is 22.5 Å². The molecule has 106 valence electrons. The Balaban J connectivity index is 1.49. The van der Waals surface area contributed by atoms with E-state index in [0.717, 1.165) is 51.1 Å². The van der Waals surface area contributed by atoms with Crippen molar-refractivity contribution in [3.8, 4) is 0 Å². The fourth-order valence-corrected chi connectivity index (χ4v) is 3.65. The maximum absolute atomic E-state index is 6.03. The van der Waals surface area contributed by atoms with Crippen molar-refractivity contribution in [2.45, 2.75) is 50.9 Å². The smallest absolute Gasteiger partial charge is 0.0926 e. The number of piperidine rings is 1. The molecule has 0 radical (unpaired) electrons. The molecule has 1 spiro atoms. The van der Waals surface area contributed by atoms with Crippen molar-refractivity contribution in [1.29, 1.82) is 0 Å². The van der Waals surface area contributed by atoms with Gasteiger partial charge in [-0.2, -0.15) is 0 Å². The first-order chi connectivity index (χ1) is 9.30. The second kappa shape index (κ2) is 5.87. The summed E-state index contributed by atoms with van der Waals surface area (Å²) < 4.78 is 12.0. The van der Waals surface area contributed by atoms with Crippen LogP contribution in [0, 0.1) is 0 Å². The van der Waals surface area contributed by atoms with Gasteiger partial charge in [0.15, 0.2) is 0 Å². The summed E-state index contributed by atoms with van der Waals surface area (Å²) in [6.45, 7) is 5.64. The number of thiazole rings is 1. The van der Waals surface area contributed by atoms with Gasteiger partial charge in [-0.25, -0.2) is 4.98 Å². The molecule has 2 fully saturated rings. The Labute approximate surface area is 118 Å². The second-order valence-electron chi connectivity index (χ2n) is 5.47. The minimum Gasteiger partial charge on any atom is -0.372 e. The first-order valence-corrected chi connectivity index (χ1v) is 8.07. The van der Waals surface area contributed by atoms with Gasteiger partial charge in [-0.05, 0) is 32.4 Å². The lowest BCUT2D eigenvalue weighted by Crippen LogP contribution is -2.41. The molecule has 3 rings (SSSR count). The molecule has 3 heterocycles. The van der Waals surface area contributed by atoms with Crippen LogP contribution in [0.5, 0.6) is 0 Å². The lowest BCUT2D eigenvalue weighted by atomic mass is 9.89. The summed E-state index contributed by atoms with van der Waals surface area (Å²) in [4.78, 5) is 4.54. The van der Waals surface area contributed by atoms with E-state index in [1.165, 1.54) is 5.01 Å². The number of nitrogens with zero attached hydrogens (tertiary/aromatic N) is 1. The zero-order chi connectivity index (χ0) is 13.1. The molecule has 1 unspecified atom stereocenters. The molecule has 2 aliphatic heterocycles. The van der Waals surface area contributed by atoms with E-state index in [2.05, 4.69) is 22.6 Å². The molecule has 1 atom stereocenters. The summed E-state index contributed by atoms with van der Waals surface area (Å²) >= 11 is 1.72. The highest BCUT2D eigenvalue weighted by Gasteiger charge is 2.41. The molecular formula is C14H22N2O2S. The van der Waals surface area contributed by atoms with E-state index >= 15 is 0 Å². The highest BCUT2D eigenvalue weighted by atomic mass is 32.1. The molecule has 2 aliphatic rings. The number of nitrogens with one attached hydrogen (secondary N) is 1. The highest BCUT2D eigenvalue weighted by Crippen LogP contribution is 2.35. The van der Waals surface area contributed by atoms with E-state index in [9.17, 15) is 0 Å². The van der Waals surface area contributed by atoms with Gasteiger partial charge in [0.2, 0.25) is 0 Å². The Morgan fingerprint density at radius 1 is 1.53 bits per heavy atom. The van der Waals surface area contributed by atoms with Crippen LogP contribution in [0.3, 0.4) is 0 Å². The monoisotopic (exact) mass is 282 g/mol. The van der Waals surface area contributed by atoms with Crippen molar-refractivity contribution in [1.82, 2.24) is 10.3 Å². The molecule has 4 nitrogen and oxygen atoms in total. The maximum atomic E-state index is 6.03. The van der Waals surface area contributed by atoms with Gasteiger partial charge in [0.25, 0.3) is 0 Å². The lowest BCUT2D eigenvalue weighted by molar-refractivity contribution is -0.0241. The minimum atomic E-state index is 0.0899. The molecule has 1 N–H and O–H groups in total. The molecular weight excluding hydrogens is 260 g/mol. The molecule has 2 saturated heterocycles. The first kappa shape index (κ1) is 13.5. The summed E-state index contributed by atoms with van der Waals surface area (Å²) in [6, 6.07) is 0. The van der Waals surface area contributed by atoms with E-state index in [1.54, 1.807) is 11.3 Å². The van der Waals surface area contributed by atoms with Gasteiger partial charge in [0.05, 0.1) is 35.6 Å². The summed E-state index contributed by atoms with van der Waals surface area (Å²) in [5, 5.41) is 6.69. The molecule has 0 aliphatic carbocycles. The van der Waals surface area contributed by atoms with Crippen LogP contribution in [-0.4, -0.2) is 36.4 Å². The summed E-state index contributed by atoms with van der Waals surface area (Å²) in [6.07, 6.45) is 4.52. The standard InChI is InChI=1S/C14H22N2O2S/c1-2-13-16-11(10-19-13)8-17-12-7-14(18-9-12)3-5-15-6-4-14/h10,12,15H,2-9H2,1H3. The van der Waals surface area contributed by atoms with Gasteiger partial charge in [-0.3, -0.25) is 0 Å². The van der Waals surface area contributed by atoms with Crippen molar-refractivity contribution < 1.29 is 9.47 Å². The quantitative estimate of drug-likeness (QED) is 0.919. The summed E-state index contributed by atoms with van der Waals surface area (Å²) in [5.41, 5.74) is 1.15. The molecule has 0 bridgehead atoms. The van der Waals surface area contributed by atoms with Crippen LogP contribution in [0.15, 0.2) is 5.38 Å². The van der Waals surface area contributed by atoms with Crippen molar-refractivity contribution in [3.63, 3.8) is 0 Å². The van der Waals surface area contributed by atoms with Crippen LogP contribution >= 0.6 is 11.3 Å². The second-order valence-corrected chi connectivity index (χ2v) is 6.41. The van der Waals surface area contributed by atoms with Crippen LogP contribution in [0.4, 0.5) is 0 Å². The summed E-state index contributed by atoms with van der Waals surface area (Å²) in [7, 11) is 0. The third-order valence-electron chi connectivity index (χ3n) is 4.06. The van der Waals surface area contributed by atoms with Crippen LogP contribution in [0.2, 0.25) is 0 Å². The number of rotatable bonds is 4. The average Bonchev–Trinajstić information content (AvgIpc) is 3.05. The zero-order valence-electron chi connectivity index (χ0n) is 11.5. The molecule has 5 heteroatoms. The van der Waals surface area contributed by atoms with E-state index in [4.69, 9.17) is 9.47 Å². The third kappa shape index (κ3) is 3.16. The number of ether oxygens (including phenoxy) is 2. The van der Waals surface area contributed by atoms with Gasteiger partial charge < -0.3 is 14.8 Å². The Morgan fingerprint density at radius 2 is 2.37 bits per heavy atom. The van der Waals surface area contributed by atoms with Gasteiger partial charge in [0.1, 0.15) is 0 Å². The predicted molar refractivity (Wildman–Crippen MR) is 75.5 cm³/mol. The van der Waals surface area contributed by atoms with Gasteiger partial charge >= 0.3 is 0 Å².